The van der Waals surface area contributed by atoms with Gasteiger partial charge in [-0.2, -0.15) is 0 Å². The van der Waals surface area contributed by atoms with Crippen LogP contribution in [0.2, 0.25) is 0 Å². The van der Waals surface area contributed by atoms with Gasteiger partial charge in [-0.25, -0.2) is 0 Å². The average Bonchev–Trinajstić information content (AvgIpc) is 2.96. The van der Waals surface area contributed by atoms with Crippen molar-refractivity contribution >= 4 is 22.9 Å². The van der Waals surface area contributed by atoms with E-state index in [0.717, 1.165) is 19.3 Å². The van der Waals surface area contributed by atoms with E-state index < -0.39 is 0 Å². The second-order valence-corrected chi connectivity index (χ2v) is 11.0. The van der Waals surface area contributed by atoms with Crippen LogP contribution in [0.15, 0.2) is 103 Å². The minimum absolute atomic E-state index is 0.378. The smallest absolute Gasteiger partial charge is 0.00623 e. The summed E-state index contributed by atoms with van der Waals surface area (Å²) in [5.74, 6) is 0.378. The van der Waals surface area contributed by atoms with Crippen LogP contribution in [0.4, 0.5) is 0 Å². The zero-order chi connectivity index (χ0) is 25.6. The van der Waals surface area contributed by atoms with Gasteiger partial charge in [-0.15, -0.1) is 0 Å². The molecule has 38 heavy (non-hydrogen) atoms. The van der Waals surface area contributed by atoms with E-state index in [9.17, 15) is 0 Å². The van der Waals surface area contributed by atoms with Gasteiger partial charge in [0.05, 0.1) is 0 Å². The third-order valence-electron chi connectivity index (χ3n) is 8.55. The number of benzene rings is 5. The molecule has 0 heteroatoms. The Bertz CT molecular complexity index is 1760. The number of rotatable bonds is 3. The van der Waals surface area contributed by atoms with Gasteiger partial charge in [-0.3, -0.25) is 0 Å². The van der Waals surface area contributed by atoms with Crippen molar-refractivity contribution in [2.45, 2.75) is 39.0 Å². The SMILES string of the molecule is Cc1ccccc1-c1c(C)ccc2c1CC(c1ccc3cc(-c4ccc5c(c4)C=CCC5)ccc3c1)C=C2. The molecule has 0 spiro atoms. The molecule has 5 aromatic carbocycles. The molecule has 0 saturated carbocycles. The van der Waals surface area contributed by atoms with Crippen LogP contribution in [0.5, 0.6) is 0 Å². The maximum absolute atomic E-state index is 2.40. The molecule has 184 valence electrons. The van der Waals surface area contributed by atoms with Gasteiger partial charge in [0, 0.05) is 5.92 Å². The maximum Gasteiger partial charge on any atom is 0.00623 e. The number of hydrogen-bond acceptors (Lipinski definition) is 0. The van der Waals surface area contributed by atoms with Crippen molar-refractivity contribution in [2.75, 3.05) is 0 Å². The summed E-state index contributed by atoms with van der Waals surface area (Å²) in [6, 6.07) is 34.3. The molecule has 5 aromatic rings. The van der Waals surface area contributed by atoms with Gasteiger partial charge in [0.15, 0.2) is 0 Å². The Kier molecular flexibility index (Phi) is 5.63. The van der Waals surface area contributed by atoms with Gasteiger partial charge in [0.1, 0.15) is 0 Å². The van der Waals surface area contributed by atoms with Crippen LogP contribution in [0.3, 0.4) is 0 Å². The van der Waals surface area contributed by atoms with Gasteiger partial charge in [0.25, 0.3) is 0 Å². The summed E-state index contributed by atoms with van der Waals surface area (Å²) in [5.41, 5.74) is 15.1. The van der Waals surface area contributed by atoms with Crippen LogP contribution < -0.4 is 0 Å². The van der Waals surface area contributed by atoms with E-state index in [0.29, 0.717) is 5.92 Å². The topological polar surface area (TPSA) is 0 Å². The molecule has 2 aliphatic rings. The fourth-order valence-corrected chi connectivity index (χ4v) is 6.40. The minimum Gasteiger partial charge on any atom is -0.0836 e. The summed E-state index contributed by atoms with van der Waals surface area (Å²) in [7, 11) is 0. The standard InChI is InChI=1S/C38H32/c1-25-7-3-6-10-36(25)38-26(2)11-12-28-14-16-35(24-37(28)38)34-20-19-32-22-31(17-18-33(32)23-34)30-15-13-27-8-4-5-9-29(27)21-30/h3,5-7,9-23,35H,4,8,24H2,1-2H3. The summed E-state index contributed by atoms with van der Waals surface area (Å²) >= 11 is 0. The second kappa shape index (κ2) is 9.30. The zero-order valence-electron chi connectivity index (χ0n) is 22.2. The van der Waals surface area contributed by atoms with Gasteiger partial charge in [-0.1, -0.05) is 103 Å². The van der Waals surface area contributed by atoms with Crippen molar-refractivity contribution < 1.29 is 0 Å². The molecule has 1 unspecified atom stereocenters. The quantitative estimate of drug-likeness (QED) is 0.237. The lowest BCUT2D eigenvalue weighted by molar-refractivity contribution is 0.829. The van der Waals surface area contributed by atoms with Crippen molar-refractivity contribution in [2.24, 2.45) is 0 Å². The van der Waals surface area contributed by atoms with Crippen molar-refractivity contribution in [3.05, 3.63) is 142 Å². The Morgan fingerprint density at radius 2 is 1.47 bits per heavy atom. The van der Waals surface area contributed by atoms with E-state index in [1.54, 1.807) is 0 Å². The zero-order valence-corrected chi connectivity index (χ0v) is 22.2. The molecular formula is C38H32. The third-order valence-corrected chi connectivity index (χ3v) is 8.55. The molecule has 0 amide bonds. The van der Waals surface area contributed by atoms with Crippen molar-refractivity contribution in [1.82, 2.24) is 0 Å². The normalized spacial score (nSPS) is 15.9. The number of aryl methyl sites for hydroxylation is 3. The molecule has 0 heterocycles. The summed E-state index contributed by atoms with van der Waals surface area (Å²) in [6.07, 6.45) is 12.6. The molecule has 0 saturated heterocycles. The van der Waals surface area contributed by atoms with Gasteiger partial charge in [-0.05, 0) is 117 Å². The summed E-state index contributed by atoms with van der Waals surface area (Å²) in [6.45, 7) is 4.48. The Morgan fingerprint density at radius 3 is 2.39 bits per heavy atom. The molecular weight excluding hydrogens is 456 g/mol. The molecule has 1 atom stereocenters. The highest BCUT2D eigenvalue weighted by Gasteiger charge is 2.21. The van der Waals surface area contributed by atoms with E-state index in [1.165, 1.54) is 72.0 Å². The Labute approximate surface area is 226 Å². The van der Waals surface area contributed by atoms with E-state index in [2.05, 4.69) is 129 Å². The van der Waals surface area contributed by atoms with E-state index in [4.69, 9.17) is 0 Å². The van der Waals surface area contributed by atoms with Crippen molar-refractivity contribution in [3.63, 3.8) is 0 Å². The highest BCUT2D eigenvalue weighted by Crippen LogP contribution is 2.40. The first kappa shape index (κ1) is 23.0. The van der Waals surface area contributed by atoms with Crippen LogP contribution in [0, 0.1) is 13.8 Å². The number of hydrogen-bond donors (Lipinski definition) is 0. The summed E-state index contributed by atoms with van der Waals surface area (Å²) < 4.78 is 0. The first-order chi connectivity index (χ1) is 18.6. The number of fused-ring (bicyclic) bond motifs is 3. The molecule has 0 bridgehead atoms. The largest absolute Gasteiger partial charge is 0.0836 e. The van der Waals surface area contributed by atoms with E-state index >= 15 is 0 Å². The van der Waals surface area contributed by atoms with Crippen LogP contribution in [-0.4, -0.2) is 0 Å². The fraction of sp³-hybridized carbons (Fsp3) is 0.158. The fourth-order valence-electron chi connectivity index (χ4n) is 6.40. The van der Waals surface area contributed by atoms with E-state index in [-0.39, 0.29) is 0 Å². The van der Waals surface area contributed by atoms with E-state index in [1.807, 2.05) is 0 Å². The molecule has 0 aliphatic heterocycles. The molecule has 0 radical (unpaired) electrons. The van der Waals surface area contributed by atoms with Gasteiger partial charge >= 0.3 is 0 Å². The molecule has 0 N–H and O–H groups in total. The highest BCUT2D eigenvalue weighted by atomic mass is 14.3. The molecule has 7 rings (SSSR count). The van der Waals surface area contributed by atoms with Crippen molar-refractivity contribution in [3.8, 4) is 22.3 Å². The minimum atomic E-state index is 0.378. The predicted octanol–water partition coefficient (Wildman–Crippen LogP) is 10.1. The van der Waals surface area contributed by atoms with Gasteiger partial charge < -0.3 is 0 Å². The summed E-state index contributed by atoms with van der Waals surface area (Å²) in [5, 5.41) is 2.61. The Balaban J connectivity index is 1.22. The third kappa shape index (κ3) is 4.02. The average molecular weight is 489 g/mol. The molecule has 0 fully saturated rings. The van der Waals surface area contributed by atoms with Crippen LogP contribution >= 0.6 is 0 Å². The van der Waals surface area contributed by atoms with Crippen LogP contribution in [-0.2, 0) is 12.8 Å². The van der Waals surface area contributed by atoms with Gasteiger partial charge in [0.2, 0.25) is 0 Å². The molecule has 0 aromatic heterocycles. The van der Waals surface area contributed by atoms with Crippen molar-refractivity contribution in [1.29, 1.82) is 0 Å². The second-order valence-electron chi connectivity index (χ2n) is 11.0. The first-order valence-electron chi connectivity index (χ1n) is 13.8. The maximum atomic E-state index is 2.40. The Hall–Kier alpha value is -4.16. The number of allylic oxidation sites excluding steroid dienone is 2. The highest BCUT2D eigenvalue weighted by molar-refractivity contribution is 5.88. The van der Waals surface area contributed by atoms with Crippen LogP contribution in [0.1, 0.15) is 51.3 Å². The van der Waals surface area contributed by atoms with Crippen LogP contribution in [0.25, 0.3) is 45.2 Å². The molecule has 2 aliphatic carbocycles. The lowest BCUT2D eigenvalue weighted by atomic mass is 9.79. The lowest BCUT2D eigenvalue weighted by Crippen LogP contribution is -2.08. The summed E-state index contributed by atoms with van der Waals surface area (Å²) in [4.78, 5) is 0. The Morgan fingerprint density at radius 1 is 0.658 bits per heavy atom. The molecule has 0 nitrogen and oxygen atoms in total. The first-order valence-corrected chi connectivity index (χ1v) is 13.8. The monoisotopic (exact) mass is 488 g/mol. The lowest BCUT2D eigenvalue weighted by Gasteiger charge is -2.25. The predicted molar refractivity (Wildman–Crippen MR) is 164 cm³/mol.